The average Bonchev–Trinajstić information content (AvgIpc) is 3.24. The van der Waals surface area contributed by atoms with Gasteiger partial charge in [-0.2, -0.15) is 5.10 Å². The Morgan fingerprint density at radius 2 is 1.70 bits per heavy atom. The Bertz CT molecular complexity index is 1320. The third-order valence-electron chi connectivity index (χ3n) is 6.99. The number of nitrogens with zero attached hydrogens (tertiary/aromatic N) is 2. The van der Waals surface area contributed by atoms with Gasteiger partial charge < -0.3 is 0 Å². The molecule has 1 aliphatic rings. The van der Waals surface area contributed by atoms with Gasteiger partial charge in [0.1, 0.15) is 0 Å². The van der Waals surface area contributed by atoms with E-state index in [4.69, 9.17) is 5.10 Å². The molecule has 4 aromatic rings. The van der Waals surface area contributed by atoms with E-state index in [1.165, 1.54) is 16.3 Å². The van der Waals surface area contributed by atoms with Crippen LogP contribution in [-0.4, -0.2) is 15.7 Å². The molecule has 33 heavy (non-hydrogen) atoms. The summed E-state index contributed by atoms with van der Waals surface area (Å²) < 4.78 is 1.70. The average molecular weight is 435 g/mol. The molecule has 0 N–H and O–H groups in total. The predicted molar refractivity (Wildman–Crippen MR) is 136 cm³/mol. The minimum Gasteiger partial charge on any atom is -0.267 e. The maximum absolute atomic E-state index is 13.5. The first-order chi connectivity index (χ1) is 16.0. The molecule has 2 atom stereocenters. The first-order valence-corrected chi connectivity index (χ1v) is 11.9. The maximum Gasteiger partial charge on any atom is 0.271 e. The van der Waals surface area contributed by atoms with Crippen molar-refractivity contribution >= 4 is 22.8 Å². The highest BCUT2D eigenvalue weighted by Crippen LogP contribution is 2.47. The number of hydrogen-bond donors (Lipinski definition) is 0. The Labute approximate surface area is 195 Å². The fourth-order valence-electron chi connectivity index (χ4n) is 5.25. The maximum atomic E-state index is 13.5. The highest BCUT2D eigenvalue weighted by Gasteiger charge is 2.35. The Kier molecular flexibility index (Phi) is 5.72. The second kappa shape index (κ2) is 8.82. The molecule has 1 aromatic heterocycles. The molecule has 0 unspecified atom stereocenters. The van der Waals surface area contributed by atoms with Crippen molar-refractivity contribution in [2.75, 3.05) is 0 Å². The van der Waals surface area contributed by atoms with Gasteiger partial charge >= 0.3 is 0 Å². The van der Waals surface area contributed by atoms with Gasteiger partial charge in [-0.1, -0.05) is 93.6 Å². The highest BCUT2D eigenvalue weighted by atomic mass is 16.2. The van der Waals surface area contributed by atoms with Crippen LogP contribution < -0.4 is 0 Å². The van der Waals surface area contributed by atoms with Crippen LogP contribution in [0.2, 0.25) is 0 Å². The van der Waals surface area contributed by atoms with Gasteiger partial charge in [0.15, 0.2) is 0 Å². The molecule has 0 aliphatic heterocycles. The molecule has 3 heteroatoms. The van der Waals surface area contributed by atoms with Crippen molar-refractivity contribution in [2.24, 2.45) is 5.92 Å². The number of carbonyl (C=O) groups excluding carboxylic acids is 1. The van der Waals surface area contributed by atoms with E-state index in [1.807, 2.05) is 36.4 Å². The molecule has 0 fully saturated rings. The monoisotopic (exact) mass is 434 g/mol. The van der Waals surface area contributed by atoms with Gasteiger partial charge in [-0.15, -0.1) is 0 Å². The molecule has 5 rings (SSSR count). The lowest BCUT2D eigenvalue weighted by molar-refractivity contribution is 0.0947. The molecule has 0 bridgehead atoms. The van der Waals surface area contributed by atoms with E-state index in [0.29, 0.717) is 17.8 Å². The van der Waals surface area contributed by atoms with Crippen molar-refractivity contribution in [3.63, 3.8) is 0 Å². The molecule has 0 saturated heterocycles. The zero-order chi connectivity index (χ0) is 22.9. The molecule has 3 nitrogen and oxygen atoms in total. The van der Waals surface area contributed by atoms with Crippen molar-refractivity contribution in [3.8, 4) is 11.3 Å². The second-order valence-electron chi connectivity index (χ2n) is 9.50. The van der Waals surface area contributed by atoms with Gasteiger partial charge in [0.2, 0.25) is 0 Å². The summed E-state index contributed by atoms with van der Waals surface area (Å²) in [5.74, 6) is 1.05. The first kappa shape index (κ1) is 21.4. The van der Waals surface area contributed by atoms with Gasteiger partial charge in [-0.25, -0.2) is 4.68 Å². The number of aromatic nitrogens is 2. The molecule has 1 aliphatic carbocycles. The number of allylic oxidation sites excluding steroid dienone is 1. The number of carbonyl (C=O) groups is 1. The van der Waals surface area contributed by atoms with E-state index in [9.17, 15) is 4.79 Å². The van der Waals surface area contributed by atoms with E-state index < -0.39 is 0 Å². The normalized spacial score (nSPS) is 18.2. The fraction of sp³-hybridized carbons (Fsp3) is 0.267. The summed E-state index contributed by atoms with van der Waals surface area (Å²) in [5, 5.41) is 7.39. The van der Waals surface area contributed by atoms with Crippen molar-refractivity contribution in [1.82, 2.24) is 9.78 Å². The van der Waals surface area contributed by atoms with Gasteiger partial charge in [-0.05, 0) is 47.1 Å². The van der Waals surface area contributed by atoms with Crippen molar-refractivity contribution in [2.45, 2.75) is 45.4 Å². The van der Waals surface area contributed by atoms with Crippen LogP contribution in [-0.2, 0) is 0 Å². The van der Waals surface area contributed by atoms with Gasteiger partial charge in [0.25, 0.3) is 5.91 Å². The predicted octanol–water partition coefficient (Wildman–Crippen LogP) is 7.69. The van der Waals surface area contributed by atoms with Crippen LogP contribution in [0.3, 0.4) is 0 Å². The largest absolute Gasteiger partial charge is 0.271 e. The fourth-order valence-corrected chi connectivity index (χ4v) is 5.25. The van der Waals surface area contributed by atoms with Crippen LogP contribution in [0.1, 0.15) is 67.1 Å². The Balaban J connectivity index is 1.70. The van der Waals surface area contributed by atoms with Gasteiger partial charge in [-0.3, -0.25) is 4.79 Å². The second-order valence-corrected chi connectivity index (χ2v) is 9.50. The SMILES string of the molecule is CC(C)[C@@H]1CC[C@H](C)c2c(-c3cccc4ccccc34)nn(C(=O)/C=C/c3ccccc3)c21. The Morgan fingerprint density at radius 1 is 0.970 bits per heavy atom. The Hall–Kier alpha value is -3.46. The zero-order valence-electron chi connectivity index (χ0n) is 19.5. The van der Waals surface area contributed by atoms with Crippen LogP contribution in [0.4, 0.5) is 0 Å². The van der Waals surface area contributed by atoms with Crippen LogP contribution in [0.5, 0.6) is 0 Å². The number of rotatable bonds is 4. The van der Waals surface area contributed by atoms with Gasteiger partial charge in [0.05, 0.1) is 11.4 Å². The van der Waals surface area contributed by atoms with E-state index in [2.05, 4.69) is 63.2 Å². The van der Waals surface area contributed by atoms with Crippen molar-refractivity contribution in [1.29, 1.82) is 0 Å². The lowest BCUT2D eigenvalue weighted by atomic mass is 9.75. The van der Waals surface area contributed by atoms with Crippen molar-refractivity contribution in [3.05, 3.63) is 95.7 Å². The quantitative estimate of drug-likeness (QED) is 0.309. The summed E-state index contributed by atoms with van der Waals surface area (Å²) in [5.41, 5.74) is 5.43. The van der Waals surface area contributed by atoms with E-state index in [0.717, 1.165) is 35.4 Å². The van der Waals surface area contributed by atoms with Crippen LogP contribution in [0, 0.1) is 5.92 Å². The molecular weight excluding hydrogens is 404 g/mol. The molecule has 0 saturated carbocycles. The summed E-state index contributed by atoms with van der Waals surface area (Å²) in [6, 6.07) is 24.7. The third kappa shape index (κ3) is 3.93. The number of fused-ring (bicyclic) bond motifs is 2. The van der Waals surface area contributed by atoms with E-state index >= 15 is 0 Å². The lowest BCUT2D eigenvalue weighted by Crippen LogP contribution is -2.23. The summed E-state index contributed by atoms with van der Waals surface area (Å²) in [6.45, 7) is 6.79. The standard InChI is InChI=1S/C30H30N2O/c1-20(2)24-18-16-21(3)28-29(26-15-9-13-23-12-7-8-14-25(23)26)31-32(30(24)28)27(33)19-17-22-10-5-4-6-11-22/h4-15,17,19-21,24H,16,18H2,1-3H3/b19-17+/t21-,24-/m0/s1. The highest BCUT2D eigenvalue weighted by molar-refractivity contribution is 5.98. The van der Waals surface area contributed by atoms with E-state index in [1.54, 1.807) is 10.8 Å². The van der Waals surface area contributed by atoms with Crippen LogP contribution in [0.15, 0.2) is 78.9 Å². The van der Waals surface area contributed by atoms with E-state index in [-0.39, 0.29) is 5.91 Å². The van der Waals surface area contributed by atoms with Gasteiger partial charge in [0, 0.05) is 23.1 Å². The molecule has 1 heterocycles. The summed E-state index contributed by atoms with van der Waals surface area (Å²) in [4.78, 5) is 13.5. The Morgan fingerprint density at radius 3 is 2.48 bits per heavy atom. The number of benzene rings is 3. The van der Waals surface area contributed by atoms with Crippen LogP contribution >= 0.6 is 0 Å². The molecule has 166 valence electrons. The summed E-state index contributed by atoms with van der Waals surface area (Å²) >= 11 is 0. The third-order valence-corrected chi connectivity index (χ3v) is 6.99. The molecule has 3 aromatic carbocycles. The minimum atomic E-state index is -0.0821. The van der Waals surface area contributed by atoms with Crippen LogP contribution in [0.25, 0.3) is 28.1 Å². The zero-order valence-corrected chi connectivity index (χ0v) is 19.5. The molecular formula is C30H30N2O. The topological polar surface area (TPSA) is 34.9 Å². The minimum absolute atomic E-state index is 0.0821. The molecule has 0 spiro atoms. The van der Waals surface area contributed by atoms with Crippen molar-refractivity contribution < 1.29 is 4.79 Å². The number of hydrogen-bond acceptors (Lipinski definition) is 2. The summed E-state index contributed by atoms with van der Waals surface area (Å²) in [7, 11) is 0. The molecule has 0 radical (unpaired) electrons. The smallest absolute Gasteiger partial charge is 0.267 e. The lowest BCUT2D eigenvalue weighted by Gasteiger charge is -2.30. The summed E-state index contributed by atoms with van der Waals surface area (Å²) in [6.07, 6.45) is 5.74. The first-order valence-electron chi connectivity index (χ1n) is 11.9. The molecule has 0 amide bonds.